The van der Waals surface area contributed by atoms with Gasteiger partial charge in [-0.1, -0.05) is 0 Å². The Morgan fingerprint density at radius 2 is 2.20 bits per heavy atom. The fraction of sp³-hybridized carbons (Fsp3) is 0.909. The summed E-state index contributed by atoms with van der Waals surface area (Å²) < 4.78 is 0. The van der Waals surface area contributed by atoms with Crippen molar-refractivity contribution in [2.24, 2.45) is 5.92 Å². The third-order valence-electron chi connectivity index (χ3n) is 3.62. The molecule has 84 valence electrons. The first-order valence-corrected chi connectivity index (χ1v) is 6.04. The van der Waals surface area contributed by atoms with Crippen LogP contribution in [0, 0.1) is 5.92 Å². The number of hydroxylamine groups is 2. The number of carbonyl (C=O) groups is 1. The molecule has 2 aliphatic heterocycles. The molecule has 1 saturated carbocycles. The fourth-order valence-electron chi connectivity index (χ4n) is 2.55. The Labute approximate surface area is 89.9 Å². The molecule has 0 aromatic carbocycles. The molecule has 4 heteroatoms. The van der Waals surface area contributed by atoms with Gasteiger partial charge in [-0.15, -0.1) is 0 Å². The molecular formula is C11H18N2O2. The highest BCUT2D eigenvalue weighted by molar-refractivity contribution is 5.77. The maximum absolute atomic E-state index is 11.8. The van der Waals surface area contributed by atoms with E-state index in [0.717, 1.165) is 25.9 Å². The Morgan fingerprint density at radius 3 is 2.87 bits per heavy atom. The summed E-state index contributed by atoms with van der Waals surface area (Å²) >= 11 is 0. The van der Waals surface area contributed by atoms with E-state index in [1.165, 1.54) is 12.8 Å². The molecule has 4 nitrogen and oxygen atoms in total. The molecule has 2 unspecified atom stereocenters. The molecule has 3 aliphatic rings. The molecule has 0 bridgehead atoms. The monoisotopic (exact) mass is 210 g/mol. The average Bonchev–Trinajstić information content (AvgIpc) is 3.04. The topological polar surface area (TPSA) is 41.6 Å². The van der Waals surface area contributed by atoms with Crippen LogP contribution >= 0.6 is 0 Å². The van der Waals surface area contributed by atoms with Crippen molar-refractivity contribution in [1.82, 2.24) is 10.4 Å². The second-order valence-corrected chi connectivity index (χ2v) is 4.91. The Hall–Kier alpha value is -0.610. The van der Waals surface area contributed by atoms with E-state index in [9.17, 15) is 4.79 Å². The smallest absolute Gasteiger partial charge is 0.249 e. The molecule has 0 radical (unpaired) electrons. The molecule has 0 aromatic heterocycles. The van der Waals surface area contributed by atoms with E-state index < -0.39 is 0 Å². The number of rotatable bonds is 2. The highest BCUT2D eigenvalue weighted by Crippen LogP contribution is 2.39. The number of piperidine rings is 1. The summed E-state index contributed by atoms with van der Waals surface area (Å²) in [5.41, 5.74) is 0. The van der Waals surface area contributed by atoms with Crippen molar-refractivity contribution in [2.45, 2.75) is 44.2 Å². The Balaban J connectivity index is 1.62. The van der Waals surface area contributed by atoms with Crippen LogP contribution in [0.2, 0.25) is 0 Å². The van der Waals surface area contributed by atoms with Crippen LogP contribution in [0.3, 0.4) is 0 Å². The van der Waals surface area contributed by atoms with Crippen LogP contribution in [0.4, 0.5) is 0 Å². The molecule has 2 heterocycles. The van der Waals surface area contributed by atoms with Gasteiger partial charge in [0.2, 0.25) is 5.91 Å². The number of nitrogens with one attached hydrogen (secondary N) is 1. The SMILES string of the molecule is O=C1CC(C2CC2)ON1C1CCCNC1. The van der Waals surface area contributed by atoms with E-state index in [4.69, 9.17) is 4.84 Å². The van der Waals surface area contributed by atoms with E-state index in [0.29, 0.717) is 12.3 Å². The summed E-state index contributed by atoms with van der Waals surface area (Å²) in [7, 11) is 0. The average molecular weight is 210 g/mol. The standard InChI is InChI=1S/C11H18N2O2/c14-11-6-10(8-3-4-8)15-13(11)9-2-1-5-12-7-9/h8-10,12H,1-7H2. The highest BCUT2D eigenvalue weighted by Gasteiger charge is 2.43. The zero-order valence-corrected chi connectivity index (χ0v) is 8.95. The van der Waals surface area contributed by atoms with E-state index in [-0.39, 0.29) is 18.1 Å². The highest BCUT2D eigenvalue weighted by atomic mass is 16.7. The second kappa shape index (κ2) is 3.76. The third kappa shape index (κ3) is 1.88. The van der Waals surface area contributed by atoms with Gasteiger partial charge in [0.1, 0.15) is 0 Å². The molecule has 2 atom stereocenters. The van der Waals surface area contributed by atoms with E-state index in [2.05, 4.69) is 5.32 Å². The molecule has 0 aromatic rings. The number of hydrogen-bond acceptors (Lipinski definition) is 3. The minimum atomic E-state index is 0.194. The molecule has 15 heavy (non-hydrogen) atoms. The zero-order valence-electron chi connectivity index (χ0n) is 8.95. The van der Waals surface area contributed by atoms with Crippen LogP contribution in [0.1, 0.15) is 32.1 Å². The fourth-order valence-corrected chi connectivity index (χ4v) is 2.55. The summed E-state index contributed by atoms with van der Waals surface area (Å²) in [5.74, 6) is 0.857. The second-order valence-electron chi connectivity index (χ2n) is 4.91. The molecule has 2 saturated heterocycles. The first-order chi connectivity index (χ1) is 7.34. The van der Waals surface area contributed by atoms with Gasteiger partial charge < -0.3 is 5.32 Å². The van der Waals surface area contributed by atoms with Gasteiger partial charge in [0.15, 0.2) is 0 Å². The van der Waals surface area contributed by atoms with Crippen molar-refractivity contribution in [3.63, 3.8) is 0 Å². The van der Waals surface area contributed by atoms with Crippen LogP contribution in [0.5, 0.6) is 0 Å². The largest absolute Gasteiger partial charge is 0.315 e. The Morgan fingerprint density at radius 1 is 1.33 bits per heavy atom. The summed E-state index contributed by atoms with van der Waals surface area (Å²) in [6.45, 7) is 1.97. The number of carbonyl (C=O) groups excluding carboxylic acids is 1. The molecule has 3 fully saturated rings. The van der Waals surface area contributed by atoms with Crippen molar-refractivity contribution in [3.8, 4) is 0 Å². The Bertz CT molecular complexity index is 259. The van der Waals surface area contributed by atoms with Crippen molar-refractivity contribution in [1.29, 1.82) is 0 Å². The van der Waals surface area contributed by atoms with Gasteiger partial charge in [0, 0.05) is 6.54 Å². The predicted molar refractivity (Wildman–Crippen MR) is 55.0 cm³/mol. The summed E-state index contributed by atoms with van der Waals surface area (Å²) in [5, 5.41) is 4.98. The van der Waals surface area contributed by atoms with Crippen LogP contribution in [0.25, 0.3) is 0 Å². The summed E-state index contributed by atoms with van der Waals surface area (Å²) in [4.78, 5) is 17.6. The van der Waals surface area contributed by atoms with Crippen molar-refractivity contribution in [2.75, 3.05) is 13.1 Å². The van der Waals surface area contributed by atoms with Gasteiger partial charge in [-0.2, -0.15) is 0 Å². The molecule has 1 N–H and O–H groups in total. The predicted octanol–water partition coefficient (Wildman–Crippen LogP) is 0.681. The van der Waals surface area contributed by atoms with Crippen molar-refractivity contribution < 1.29 is 9.63 Å². The van der Waals surface area contributed by atoms with Crippen LogP contribution in [-0.2, 0) is 9.63 Å². The molecule has 3 rings (SSSR count). The van der Waals surface area contributed by atoms with Crippen LogP contribution < -0.4 is 5.32 Å². The van der Waals surface area contributed by atoms with Crippen molar-refractivity contribution in [3.05, 3.63) is 0 Å². The van der Waals surface area contributed by atoms with Gasteiger partial charge in [-0.3, -0.25) is 9.63 Å². The van der Waals surface area contributed by atoms with E-state index in [1.807, 2.05) is 0 Å². The lowest BCUT2D eigenvalue weighted by molar-refractivity contribution is -0.192. The Kier molecular flexibility index (Phi) is 2.41. The third-order valence-corrected chi connectivity index (χ3v) is 3.62. The van der Waals surface area contributed by atoms with E-state index in [1.54, 1.807) is 5.06 Å². The summed E-state index contributed by atoms with van der Waals surface area (Å²) in [6.07, 6.45) is 5.52. The van der Waals surface area contributed by atoms with Gasteiger partial charge in [0.05, 0.1) is 18.6 Å². The minimum Gasteiger partial charge on any atom is -0.315 e. The number of nitrogens with zero attached hydrogens (tertiary/aromatic N) is 1. The maximum atomic E-state index is 11.8. The minimum absolute atomic E-state index is 0.194. The lowest BCUT2D eigenvalue weighted by Gasteiger charge is -2.30. The van der Waals surface area contributed by atoms with Gasteiger partial charge >= 0.3 is 0 Å². The first kappa shape index (κ1) is 9.60. The lowest BCUT2D eigenvalue weighted by atomic mass is 10.1. The van der Waals surface area contributed by atoms with Crippen molar-refractivity contribution >= 4 is 5.91 Å². The van der Waals surface area contributed by atoms with Crippen LogP contribution in [-0.4, -0.2) is 36.2 Å². The quantitative estimate of drug-likeness (QED) is 0.728. The first-order valence-electron chi connectivity index (χ1n) is 6.04. The molecule has 0 spiro atoms. The zero-order chi connectivity index (χ0) is 10.3. The normalized spacial score (nSPS) is 37.3. The van der Waals surface area contributed by atoms with Gasteiger partial charge in [0.25, 0.3) is 0 Å². The molecule has 1 amide bonds. The maximum Gasteiger partial charge on any atom is 0.249 e. The summed E-state index contributed by atoms with van der Waals surface area (Å²) in [6, 6.07) is 0.273. The molecular weight excluding hydrogens is 192 g/mol. The van der Waals surface area contributed by atoms with Crippen LogP contribution in [0.15, 0.2) is 0 Å². The van der Waals surface area contributed by atoms with Gasteiger partial charge in [-0.05, 0) is 38.1 Å². The van der Waals surface area contributed by atoms with Gasteiger partial charge in [-0.25, -0.2) is 5.06 Å². The molecule has 1 aliphatic carbocycles. The lowest BCUT2D eigenvalue weighted by Crippen LogP contribution is -2.46. The number of hydrogen-bond donors (Lipinski definition) is 1. The number of amides is 1. The van der Waals surface area contributed by atoms with E-state index >= 15 is 0 Å².